The fourth-order valence-corrected chi connectivity index (χ4v) is 1.22. The largest absolute Gasteiger partial charge is 0.228 e. The molecule has 0 saturated heterocycles. The van der Waals surface area contributed by atoms with Crippen molar-refractivity contribution in [3.8, 4) is 0 Å². The smallest absolute Gasteiger partial charge is 0.118 e. The summed E-state index contributed by atoms with van der Waals surface area (Å²) in [6.45, 7) is 2.11. The van der Waals surface area contributed by atoms with E-state index in [9.17, 15) is 5.11 Å². The second-order valence-corrected chi connectivity index (χ2v) is 3.04. The highest BCUT2D eigenvalue weighted by molar-refractivity contribution is 5.16. The van der Waals surface area contributed by atoms with Crippen LogP contribution in [0.1, 0.15) is 37.9 Å². The Morgan fingerprint density at radius 1 is 1.25 bits per heavy atom. The third kappa shape index (κ3) is 2.67. The van der Waals surface area contributed by atoms with Crippen LogP contribution in [0.3, 0.4) is 0 Å². The molecule has 0 bridgehead atoms. The molecule has 1 heteroatoms. The molecule has 0 fully saturated rings. The molecule has 0 aliphatic rings. The van der Waals surface area contributed by atoms with E-state index in [1.165, 1.54) is 0 Å². The first-order valence-corrected chi connectivity index (χ1v) is 4.55. The predicted octanol–water partition coefficient (Wildman–Crippen LogP) is 3.35. The van der Waals surface area contributed by atoms with Gasteiger partial charge in [-0.2, -0.15) is 0 Å². The highest BCUT2D eigenvalue weighted by atomic mass is 16.3. The fourth-order valence-electron chi connectivity index (χ4n) is 1.22. The molecule has 1 aromatic carbocycles. The molecule has 0 unspecified atom stereocenters. The molecule has 0 spiro atoms. The minimum atomic E-state index is -0.522. The maximum absolute atomic E-state index is 11.5. The molecular weight excluding hydrogens is 148 g/mol. The Kier molecular flexibility index (Phi) is 3.81. The zero-order chi connectivity index (χ0) is 8.81. The number of unbranched alkanes of at least 4 members (excludes halogenated alkanes) is 1. The molecule has 0 N–H and O–H groups in total. The van der Waals surface area contributed by atoms with Gasteiger partial charge in [0.1, 0.15) is 6.10 Å². The number of rotatable bonds is 4. The van der Waals surface area contributed by atoms with Crippen molar-refractivity contribution in [2.75, 3.05) is 0 Å². The van der Waals surface area contributed by atoms with Crippen molar-refractivity contribution in [1.82, 2.24) is 0 Å². The standard InChI is InChI=1S/C11H15O/c1-2-3-9-11(12)10-7-5-4-6-8-10/h4-8,11H,2-3,9H2,1H3/t11-/m0/s1. The zero-order valence-corrected chi connectivity index (χ0v) is 7.49. The summed E-state index contributed by atoms with van der Waals surface area (Å²) >= 11 is 0. The van der Waals surface area contributed by atoms with Crippen molar-refractivity contribution >= 4 is 0 Å². The molecule has 0 saturated carbocycles. The molecule has 0 heterocycles. The lowest BCUT2D eigenvalue weighted by Gasteiger charge is -2.06. The molecule has 12 heavy (non-hydrogen) atoms. The predicted molar refractivity (Wildman–Crippen MR) is 49.4 cm³/mol. The van der Waals surface area contributed by atoms with Gasteiger partial charge in [0.2, 0.25) is 0 Å². The minimum absolute atomic E-state index is 0.522. The normalized spacial score (nSPS) is 12.8. The van der Waals surface area contributed by atoms with Gasteiger partial charge in [-0.3, -0.25) is 0 Å². The topological polar surface area (TPSA) is 19.9 Å². The summed E-state index contributed by atoms with van der Waals surface area (Å²) in [5.74, 6) is 0. The fraction of sp³-hybridized carbons (Fsp3) is 0.455. The number of hydrogen-bond acceptors (Lipinski definition) is 0. The molecule has 0 amide bonds. The lowest BCUT2D eigenvalue weighted by Crippen LogP contribution is -1.94. The van der Waals surface area contributed by atoms with Crippen molar-refractivity contribution in [1.29, 1.82) is 0 Å². The van der Waals surface area contributed by atoms with Gasteiger partial charge < -0.3 is 0 Å². The summed E-state index contributed by atoms with van der Waals surface area (Å²) in [6, 6.07) is 9.61. The highest BCUT2D eigenvalue weighted by Gasteiger charge is 2.06. The molecule has 1 radical (unpaired) electrons. The Balaban J connectivity index is 2.48. The van der Waals surface area contributed by atoms with E-state index in [1.54, 1.807) is 0 Å². The Hall–Kier alpha value is -0.820. The van der Waals surface area contributed by atoms with Crippen LogP contribution < -0.4 is 0 Å². The van der Waals surface area contributed by atoms with Crippen LogP contribution in [0.5, 0.6) is 0 Å². The molecule has 0 aliphatic heterocycles. The number of hydrogen-bond donors (Lipinski definition) is 0. The van der Waals surface area contributed by atoms with Crippen LogP contribution in [0.4, 0.5) is 0 Å². The quantitative estimate of drug-likeness (QED) is 0.648. The van der Waals surface area contributed by atoms with Gasteiger partial charge >= 0.3 is 0 Å². The maximum Gasteiger partial charge on any atom is 0.118 e. The molecule has 0 aliphatic carbocycles. The van der Waals surface area contributed by atoms with Crippen molar-refractivity contribution in [2.45, 2.75) is 32.3 Å². The van der Waals surface area contributed by atoms with Crippen LogP contribution >= 0.6 is 0 Å². The minimum Gasteiger partial charge on any atom is -0.228 e. The Morgan fingerprint density at radius 3 is 2.50 bits per heavy atom. The zero-order valence-electron chi connectivity index (χ0n) is 7.49. The highest BCUT2D eigenvalue weighted by Crippen LogP contribution is 2.18. The summed E-state index contributed by atoms with van der Waals surface area (Å²) in [5.41, 5.74) is 0.922. The van der Waals surface area contributed by atoms with Gasteiger partial charge in [0.25, 0.3) is 0 Å². The van der Waals surface area contributed by atoms with E-state index < -0.39 is 6.10 Å². The molecule has 1 rings (SSSR count). The Bertz CT molecular complexity index is 206. The van der Waals surface area contributed by atoms with Crippen LogP contribution in [-0.4, -0.2) is 0 Å². The van der Waals surface area contributed by atoms with Crippen molar-refractivity contribution in [3.63, 3.8) is 0 Å². The molecule has 65 valence electrons. The summed E-state index contributed by atoms with van der Waals surface area (Å²) in [4.78, 5) is 0. The first-order valence-electron chi connectivity index (χ1n) is 4.55. The van der Waals surface area contributed by atoms with E-state index in [1.807, 2.05) is 30.3 Å². The van der Waals surface area contributed by atoms with E-state index in [0.29, 0.717) is 0 Å². The maximum atomic E-state index is 11.5. The van der Waals surface area contributed by atoms with Crippen molar-refractivity contribution in [2.24, 2.45) is 0 Å². The van der Waals surface area contributed by atoms with Gasteiger partial charge in [-0.05, 0) is 12.0 Å². The van der Waals surface area contributed by atoms with E-state index in [4.69, 9.17) is 0 Å². The van der Waals surface area contributed by atoms with Crippen molar-refractivity contribution in [3.05, 3.63) is 35.9 Å². The van der Waals surface area contributed by atoms with E-state index in [0.717, 1.165) is 24.8 Å². The summed E-state index contributed by atoms with van der Waals surface area (Å²) in [6.07, 6.45) is 2.38. The second kappa shape index (κ2) is 4.94. The Labute approximate surface area is 74.1 Å². The van der Waals surface area contributed by atoms with Gasteiger partial charge in [0, 0.05) is 0 Å². The third-order valence-electron chi connectivity index (χ3n) is 1.99. The van der Waals surface area contributed by atoms with Gasteiger partial charge in [0.05, 0.1) is 0 Å². The molecule has 0 aromatic heterocycles. The van der Waals surface area contributed by atoms with Gasteiger partial charge in [-0.15, -0.1) is 0 Å². The molecular formula is C11H15O. The average Bonchev–Trinajstić information content (AvgIpc) is 2.15. The average molecular weight is 163 g/mol. The van der Waals surface area contributed by atoms with Gasteiger partial charge in [-0.25, -0.2) is 5.11 Å². The first kappa shape index (κ1) is 9.27. The lowest BCUT2D eigenvalue weighted by molar-refractivity contribution is 0.0791. The van der Waals surface area contributed by atoms with E-state index >= 15 is 0 Å². The van der Waals surface area contributed by atoms with Crippen LogP contribution in [-0.2, 0) is 5.11 Å². The van der Waals surface area contributed by atoms with Crippen LogP contribution in [0.15, 0.2) is 30.3 Å². The summed E-state index contributed by atoms with van der Waals surface area (Å²) < 4.78 is 0. The van der Waals surface area contributed by atoms with Crippen molar-refractivity contribution < 1.29 is 5.11 Å². The van der Waals surface area contributed by atoms with Gasteiger partial charge in [0.15, 0.2) is 0 Å². The SMILES string of the molecule is CCCC[C@H]([O])c1ccccc1. The first-order chi connectivity index (χ1) is 5.84. The molecule has 1 atom stereocenters. The number of benzene rings is 1. The van der Waals surface area contributed by atoms with Gasteiger partial charge in [-0.1, -0.05) is 50.1 Å². The van der Waals surface area contributed by atoms with Crippen LogP contribution in [0, 0.1) is 0 Å². The van der Waals surface area contributed by atoms with Crippen LogP contribution in [0.2, 0.25) is 0 Å². The summed E-state index contributed by atoms with van der Waals surface area (Å²) in [5, 5.41) is 11.5. The second-order valence-electron chi connectivity index (χ2n) is 3.04. The third-order valence-corrected chi connectivity index (χ3v) is 1.99. The van der Waals surface area contributed by atoms with E-state index in [2.05, 4.69) is 6.92 Å². The molecule has 1 nitrogen and oxygen atoms in total. The monoisotopic (exact) mass is 163 g/mol. The van der Waals surface area contributed by atoms with Crippen LogP contribution in [0.25, 0.3) is 0 Å². The van der Waals surface area contributed by atoms with E-state index in [-0.39, 0.29) is 0 Å². The summed E-state index contributed by atoms with van der Waals surface area (Å²) in [7, 11) is 0. The lowest BCUT2D eigenvalue weighted by atomic mass is 10.0. The Morgan fingerprint density at radius 2 is 1.92 bits per heavy atom. The molecule has 1 aromatic rings.